The van der Waals surface area contributed by atoms with Gasteiger partial charge in [0, 0.05) is 32.6 Å². The topological polar surface area (TPSA) is 76.4 Å². The smallest absolute Gasteiger partial charge is 0.336 e. The predicted octanol–water partition coefficient (Wildman–Crippen LogP) is 3.95. The van der Waals surface area contributed by atoms with Crippen LogP contribution < -0.4 is 10.3 Å². The predicted molar refractivity (Wildman–Crippen MR) is 95.1 cm³/mol. The number of fused-ring (bicyclic) bond motifs is 2. The Hall–Kier alpha value is -2.71. The fraction of sp³-hybridized carbons (Fsp3) is 0. The van der Waals surface area contributed by atoms with Crippen LogP contribution in [0.3, 0.4) is 0 Å². The summed E-state index contributed by atoms with van der Waals surface area (Å²) in [4.78, 5) is 11.2. The van der Waals surface area contributed by atoms with Crippen molar-refractivity contribution in [1.29, 1.82) is 0 Å². The number of benzene rings is 2. The van der Waals surface area contributed by atoms with E-state index in [1.165, 1.54) is 47.0 Å². The van der Waals surface area contributed by atoms with Crippen LogP contribution in [0.5, 0.6) is 0 Å². The Kier molecular flexibility index (Phi) is 3.59. The van der Waals surface area contributed by atoms with Crippen molar-refractivity contribution in [2.45, 2.75) is 4.90 Å². The van der Waals surface area contributed by atoms with Gasteiger partial charge in [-0.3, -0.25) is 4.72 Å². The highest BCUT2D eigenvalue weighted by molar-refractivity contribution is 7.93. The molecular formula is C17H10FNO4S2. The van der Waals surface area contributed by atoms with Crippen LogP contribution in [0.1, 0.15) is 0 Å². The molecule has 126 valence electrons. The highest BCUT2D eigenvalue weighted by Gasteiger charge is 2.20. The summed E-state index contributed by atoms with van der Waals surface area (Å²) < 4.78 is 47.0. The number of sulfonamides is 1. The second kappa shape index (κ2) is 5.68. The Balaban J connectivity index is 1.77. The first-order valence-electron chi connectivity index (χ1n) is 7.16. The van der Waals surface area contributed by atoms with Gasteiger partial charge in [0.2, 0.25) is 0 Å². The Labute approximate surface area is 145 Å². The molecule has 0 bridgehead atoms. The normalized spacial score (nSPS) is 11.9. The van der Waals surface area contributed by atoms with E-state index in [1.54, 1.807) is 18.2 Å². The van der Waals surface area contributed by atoms with Gasteiger partial charge in [0.05, 0.1) is 0 Å². The molecule has 0 aliphatic rings. The molecule has 0 aliphatic carbocycles. The zero-order valence-electron chi connectivity index (χ0n) is 12.5. The summed E-state index contributed by atoms with van der Waals surface area (Å²) in [6, 6.07) is 11.4. The first-order valence-corrected chi connectivity index (χ1v) is 9.52. The molecular weight excluding hydrogens is 365 g/mol. The van der Waals surface area contributed by atoms with Gasteiger partial charge in [-0.1, -0.05) is 0 Å². The molecule has 1 N–H and O–H groups in total. The van der Waals surface area contributed by atoms with Gasteiger partial charge in [0.1, 0.15) is 16.3 Å². The number of anilines is 1. The van der Waals surface area contributed by atoms with Crippen molar-refractivity contribution in [3.05, 3.63) is 70.1 Å². The quantitative estimate of drug-likeness (QED) is 0.550. The standard InChI is InChI=1S/C17H10FNO4S2/c18-11-2-5-15-13(8-11)16(9-24-15)25(21,22)19-12-3-4-14-10(7-12)1-6-17(20)23-14/h1-9,19H. The Bertz CT molecular complexity index is 1270. The van der Waals surface area contributed by atoms with Crippen molar-refractivity contribution in [3.8, 4) is 0 Å². The molecule has 25 heavy (non-hydrogen) atoms. The monoisotopic (exact) mass is 375 g/mol. The molecule has 0 fully saturated rings. The summed E-state index contributed by atoms with van der Waals surface area (Å²) in [5.74, 6) is -0.497. The van der Waals surface area contributed by atoms with E-state index < -0.39 is 21.5 Å². The fourth-order valence-corrected chi connectivity index (χ4v) is 5.06. The first-order chi connectivity index (χ1) is 11.9. The van der Waals surface area contributed by atoms with Gasteiger partial charge in [0.25, 0.3) is 10.0 Å². The van der Waals surface area contributed by atoms with Crippen LogP contribution in [0, 0.1) is 5.82 Å². The van der Waals surface area contributed by atoms with Crippen LogP contribution in [0.2, 0.25) is 0 Å². The molecule has 0 unspecified atom stereocenters. The molecule has 0 spiro atoms. The van der Waals surface area contributed by atoms with Crippen LogP contribution in [0.15, 0.2) is 68.0 Å². The molecule has 0 radical (unpaired) electrons. The van der Waals surface area contributed by atoms with Crippen molar-refractivity contribution in [2.75, 3.05) is 4.72 Å². The number of hydrogen-bond acceptors (Lipinski definition) is 5. The third-order valence-electron chi connectivity index (χ3n) is 3.66. The molecule has 4 aromatic rings. The summed E-state index contributed by atoms with van der Waals surface area (Å²) in [5, 5.41) is 2.40. The lowest BCUT2D eigenvalue weighted by atomic mass is 10.2. The Morgan fingerprint density at radius 2 is 1.88 bits per heavy atom. The summed E-state index contributed by atoms with van der Waals surface area (Å²) in [6.45, 7) is 0. The fourth-order valence-electron chi connectivity index (χ4n) is 2.53. The van der Waals surface area contributed by atoms with E-state index in [4.69, 9.17) is 4.42 Å². The number of rotatable bonds is 3. The lowest BCUT2D eigenvalue weighted by Gasteiger charge is -2.08. The lowest BCUT2D eigenvalue weighted by molar-refractivity contribution is 0.561. The van der Waals surface area contributed by atoms with Crippen molar-refractivity contribution in [2.24, 2.45) is 0 Å². The minimum atomic E-state index is -3.89. The van der Waals surface area contributed by atoms with Crippen LogP contribution in [0.25, 0.3) is 21.1 Å². The van der Waals surface area contributed by atoms with E-state index in [1.807, 2.05) is 0 Å². The Morgan fingerprint density at radius 1 is 1.04 bits per heavy atom. The molecule has 0 saturated carbocycles. The van der Waals surface area contributed by atoms with Gasteiger partial charge >= 0.3 is 5.63 Å². The molecule has 2 heterocycles. The van der Waals surface area contributed by atoms with Crippen LogP contribution in [0.4, 0.5) is 10.1 Å². The molecule has 0 aliphatic heterocycles. The first kappa shape index (κ1) is 15.8. The van der Waals surface area contributed by atoms with Crippen LogP contribution >= 0.6 is 11.3 Å². The molecule has 8 heteroatoms. The minimum Gasteiger partial charge on any atom is -0.423 e. The Morgan fingerprint density at radius 3 is 2.72 bits per heavy atom. The number of thiophene rings is 1. The maximum Gasteiger partial charge on any atom is 0.336 e. The zero-order chi connectivity index (χ0) is 17.6. The maximum absolute atomic E-state index is 13.5. The van der Waals surface area contributed by atoms with Crippen molar-refractivity contribution in [1.82, 2.24) is 0 Å². The van der Waals surface area contributed by atoms with Gasteiger partial charge in [-0.15, -0.1) is 11.3 Å². The van der Waals surface area contributed by atoms with Gasteiger partial charge in [-0.05, 0) is 42.5 Å². The molecule has 2 aromatic heterocycles. The third kappa shape index (κ3) is 2.90. The van der Waals surface area contributed by atoms with Gasteiger partial charge in [-0.25, -0.2) is 17.6 Å². The SMILES string of the molecule is O=c1ccc2cc(NS(=O)(=O)c3csc4ccc(F)cc34)ccc2o1. The molecule has 0 atom stereocenters. The maximum atomic E-state index is 13.5. The summed E-state index contributed by atoms with van der Waals surface area (Å²) in [7, 11) is -3.89. The minimum absolute atomic E-state index is 0.0201. The van der Waals surface area contributed by atoms with E-state index in [2.05, 4.69) is 4.72 Å². The van der Waals surface area contributed by atoms with E-state index in [0.29, 0.717) is 26.7 Å². The number of nitrogens with one attached hydrogen (secondary N) is 1. The molecule has 2 aromatic carbocycles. The lowest BCUT2D eigenvalue weighted by Crippen LogP contribution is -2.12. The van der Waals surface area contributed by atoms with Crippen molar-refractivity contribution < 1.29 is 17.2 Å². The van der Waals surface area contributed by atoms with E-state index in [-0.39, 0.29) is 4.90 Å². The van der Waals surface area contributed by atoms with Gasteiger partial charge < -0.3 is 4.42 Å². The highest BCUT2D eigenvalue weighted by Crippen LogP contribution is 2.31. The van der Waals surface area contributed by atoms with Crippen LogP contribution in [-0.2, 0) is 10.0 Å². The largest absolute Gasteiger partial charge is 0.423 e. The van der Waals surface area contributed by atoms with Gasteiger partial charge in [0.15, 0.2) is 0 Å². The van der Waals surface area contributed by atoms with Crippen LogP contribution in [-0.4, -0.2) is 8.42 Å². The summed E-state index contributed by atoms with van der Waals surface area (Å²) >= 11 is 1.23. The van der Waals surface area contributed by atoms with Crippen molar-refractivity contribution in [3.63, 3.8) is 0 Å². The summed E-state index contributed by atoms with van der Waals surface area (Å²) in [6.07, 6.45) is 0. The zero-order valence-corrected chi connectivity index (χ0v) is 14.2. The third-order valence-corrected chi connectivity index (χ3v) is 6.19. The van der Waals surface area contributed by atoms with E-state index >= 15 is 0 Å². The molecule has 0 amide bonds. The second-order valence-corrected chi connectivity index (χ2v) is 7.92. The average molecular weight is 375 g/mol. The van der Waals surface area contributed by atoms with Gasteiger partial charge in [-0.2, -0.15) is 0 Å². The summed E-state index contributed by atoms with van der Waals surface area (Å²) in [5.41, 5.74) is 0.197. The molecule has 5 nitrogen and oxygen atoms in total. The number of halogens is 1. The van der Waals surface area contributed by atoms with Crippen molar-refractivity contribution >= 4 is 48.1 Å². The average Bonchev–Trinajstić information content (AvgIpc) is 2.98. The molecule has 4 rings (SSSR count). The van der Waals surface area contributed by atoms with E-state index in [9.17, 15) is 17.6 Å². The second-order valence-electron chi connectivity index (χ2n) is 5.35. The number of hydrogen-bond donors (Lipinski definition) is 1. The van der Waals surface area contributed by atoms with E-state index in [0.717, 1.165) is 0 Å². The molecule has 0 saturated heterocycles. The highest BCUT2D eigenvalue weighted by atomic mass is 32.2.